The highest BCUT2D eigenvalue weighted by atomic mass is 35.5. The van der Waals surface area contributed by atoms with Gasteiger partial charge in [0.25, 0.3) is 5.56 Å². The zero-order valence-electron chi connectivity index (χ0n) is 13.9. The number of nitrogens with two attached hydrogens (primary N) is 1. The fourth-order valence-corrected chi connectivity index (χ4v) is 5.09. The first-order valence-corrected chi connectivity index (χ1v) is 10.5. The SMILES string of the molecule is NC(=Nc1ccc(Cl)cc1)SCc1nc2sc3c(c2c(=O)[nH]1)CCCC3. The quantitative estimate of drug-likeness (QED) is 0.500. The Bertz CT molecular complexity index is 1040. The monoisotopic (exact) mass is 404 g/mol. The number of rotatable bonds is 3. The fourth-order valence-electron chi connectivity index (χ4n) is 3.09. The summed E-state index contributed by atoms with van der Waals surface area (Å²) in [6.07, 6.45) is 4.38. The van der Waals surface area contributed by atoms with Crippen LogP contribution in [0.3, 0.4) is 0 Å². The minimum absolute atomic E-state index is 0.0433. The summed E-state index contributed by atoms with van der Waals surface area (Å²) in [4.78, 5) is 26.6. The van der Waals surface area contributed by atoms with E-state index in [2.05, 4.69) is 15.0 Å². The van der Waals surface area contributed by atoms with Crippen molar-refractivity contribution >= 4 is 55.8 Å². The van der Waals surface area contributed by atoms with Crippen LogP contribution in [0.5, 0.6) is 0 Å². The van der Waals surface area contributed by atoms with Gasteiger partial charge in [0.1, 0.15) is 10.7 Å². The van der Waals surface area contributed by atoms with Crippen molar-refractivity contribution in [1.82, 2.24) is 9.97 Å². The summed E-state index contributed by atoms with van der Waals surface area (Å²) in [7, 11) is 0. The molecular formula is C18H17ClN4OS2. The summed E-state index contributed by atoms with van der Waals surface area (Å²) in [6, 6.07) is 7.14. The Morgan fingerprint density at radius 2 is 2.08 bits per heavy atom. The maximum atomic E-state index is 12.5. The Kier molecular flexibility index (Phi) is 5.02. The van der Waals surface area contributed by atoms with Gasteiger partial charge >= 0.3 is 0 Å². The molecule has 1 aliphatic carbocycles. The van der Waals surface area contributed by atoms with Gasteiger partial charge in [-0.2, -0.15) is 0 Å². The number of hydrogen-bond donors (Lipinski definition) is 2. The van der Waals surface area contributed by atoms with E-state index < -0.39 is 0 Å². The lowest BCUT2D eigenvalue weighted by Crippen LogP contribution is -2.14. The fraction of sp³-hybridized carbons (Fsp3) is 0.278. The van der Waals surface area contributed by atoms with Crippen LogP contribution in [-0.4, -0.2) is 15.1 Å². The van der Waals surface area contributed by atoms with Crippen molar-refractivity contribution in [2.75, 3.05) is 0 Å². The molecule has 2 heterocycles. The van der Waals surface area contributed by atoms with Crippen LogP contribution in [0, 0.1) is 0 Å². The molecule has 1 aliphatic rings. The van der Waals surface area contributed by atoms with Crippen molar-refractivity contribution in [2.24, 2.45) is 10.7 Å². The molecule has 134 valence electrons. The van der Waals surface area contributed by atoms with E-state index in [1.54, 1.807) is 35.6 Å². The molecule has 0 fully saturated rings. The molecule has 8 heteroatoms. The van der Waals surface area contributed by atoms with Crippen LogP contribution < -0.4 is 11.3 Å². The second-order valence-electron chi connectivity index (χ2n) is 6.12. The van der Waals surface area contributed by atoms with Crippen LogP contribution in [0.15, 0.2) is 34.1 Å². The van der Waals surface area contributed by atoms with Crippen LogP contribution in [-0.2, 0) is 18.6 Å². The van der Waals surface area contributed by atoms with Crippen molar-refractivity contribution in [3.05, 3.63) is 55.9 Å². The number of halogens is 1. The Morgan fingerprint density at radius 1 is 1.31 bits per heavy atom. The lowest BCUT2D eigenvalue weighted by molar-refractivity contribution is 0.700. The van der Waals surface area contributed by atoms with E-state index in [1.165, 1.54) is 28.6 Å². The first-order chi connectivity index (χ1) is 12.6. The number of aromatic amines is 1. The average molecular weight is 405 g/mol. The molecule has 0 aliphatic heterocycles. The minimum Gasteiger partial charge on any atom is -0.378 e. The number of benzene rings is 1. The Balaban J connectivity index is 1.54. The zero-order valence-corrected chi connectivity index (χ0v) is 16.3. The normalized spacial score (nSPS) is 14.6. The third-order valence-corrected chi connectivity index (χ3v) is 6.54. The summed E-state index contributed by atoms with van der Waals surface area (Å²) in [6.45, 7) is 0. The van der Waals surface area contributed by atoms with E-state index in [0.717, 1.165) is 35.2 Å². The molecule has 0 unspecified atom stereocenters. The molecule has 0 bridgehead atoms. The third kappa shape index (κ3) is 3.65. The lowest BCUT2D eigenvalue weighted by Gasteiger charge is -2.09. The van der Waals surface area contributed by atoms with Gasteiger partial charge < -0.3 is 10.7 Å². The van der Waals surface area contributed by atoms with Gasteiger partial charge in [0.05, 0.1) is 16.8 Å². The Morgan fingerprint density at radius 3 is 2.88 bits per heavy atom. The topological polar surface area (TPSA) is 84.1 Å². The molecule has 0 saturated heterocycles. The highest BCUT2D eigenvalue weighted by Gasteiger charge is 2.19. The summed E-state index contributed by atoms with van der Waals surface area (Å²) < 4.78 is 0. The van der Waals surface area contributed by atoms with Gasteiger partial charge in [0.15, 0.2) is 5.17 Å². The number of amidine groups is 1. The highest BCUT2D eigenvalue weighted by Crippen LogP contribution is 2.33. The van der Waals surface area contributed by atoms with Crippen LogP contribution in [0.4, 0.5) is 5.69 Å². The predicted octanol–water partition coefficient (Wildman–Crippen LogP) is 4.40. The average Bonchev–Trinajstić information content (AvgIpc) is 3.01. The molecule has 3 N–H and O–H groups in total. The molecule has 0 atom stereocenters. The molecule has 5 nitrogen and oxygen atoms in total. The largest absolute Gasteiger partial charge is 0.378 e. The third-order valence-electron chi connectivity index (χ3n) is 4.30. The minimum atomic E-state index is -0.0433. The predicted molar refractivity (Wildman–Crippen MR) is 111 cm³/mol. The molecule has 0 spiro atoms. The maximum absolute atomic E-state index is 12.5. The summed E-state index contributed by atoms with van der Waals surface area (Å²) >= 11 is 8.86. The van der Waals surface area contributed by atoms with Crippen molar-refractivity contribution in [3.8, 4) is 0 Å². The van der Waals surface area contributed by atoms with Gasteiger partial charge in [-0.25, -0.2) is 9.98 Å². The van der Waals surface area contributed by atoms with Crippen molar-refractivity contribution in [3.63, 3.8) is 0 Å². The Hall–Kier alpha value is -1.83. The molecule has 0 radical (unpaired) electrons. The van der Waals surface area contributed by atoms with E-state index in [4.69, 9.17) is 17.3 Å². The molecular weight excluding hydrogens is 388 g/mol. The van der Waals surface area contributed by atoms with E-state index in [0.29, 0.717) is 21.8 Å². The van der Waals surface area contributed by atoms with Gasteiger partial charge in [-0.05, 0) is 55.5 Å². The number of aromatic nitrogens is 2. The van der Waals surface area contributed by atoms with Crippen molar-refractivity contribution in [2.45, 2.75) is 31.4 Å². The van der Waals surface area contributed by atoms with E-state index in [9.17, 15) is 4.79 Å². The molecule has 2 aromatic heterocycles. The standard InChI is InChI=1S/C18H17ClN4OS2/c19-10-5-7-11(8-6-10)21-18(20)25-9-14-22-16(24)15-12-3-1-2-4-13(12)26-17(15)23-14/h5-8H,1-4,9H2,(H2,20,21)(H,22,23,24). The molecule has 0 saturated carbocycles. The van der Waals surface area contributed by atoms with E-state index in [-0.39, 0.29) is 5.56 Å². The van der Waals surface area contributed by atoms with Crippen molar-refractivity contribution in [1.29, 1.82) is 0 Å². The van der Waals surface area contributed by atoms with Crippen LogP contribution in [0.25, 0.3) is 10.2 Å². The summed E-state index contributed by atoms with van der Waals surface area (Å²) in [5, 5.41) is 1.85. The Labute approximate surface area is 163 Å². The van der Waals surface area contributed by atoms with Crippen LogP contribution in [0.1, 0.15) is 29.1 Å². The summed E-state index contributed by atoms with van der Waals surface area (Å²) in [5.41, 5.74) is 7.88. The molecule has 4 rings (SSSR count). The number of aliphatic imine (C=N–C) groups is 1. The van der Waals surface area contributed by atoms with Crippen LogP contribution >= 0.6 is 34.7 Å². The second kappa shape index (κ2) is 7.42. The molecule has 3 aromatic rings. The van der Waals surface area contributed by atoms with Gasteiger partial charge in [-0.15, -0.1) is 11.3 Å². The number of aryl methyl sites for hydroxylation is 2. The van der Waals surface area contributed by atoms with Gasteiger partial charge in [-0.1, -0.05) is 23.4 Å². The van der Waals surface area contributed by atoms with Crippen molar-refractivity contribution < 1.29 is 0 Å². The van der Waals surface area contributed by atoms with Gasteiger partial charge in [0.2, 0.25) is 0 Å². The summed E-state index contributed by atoms with van der Waals surface area (Å²) in [5.74, 6) is 1.09. The second-order valence-corrected chi connectivity index (χ2v) is 8.63. The molecule has 1 aromatic carbocycles. The number of H-pyrrole nitrogens is 1. The highest BCUT2D eigenvalue weighted by molar-refractivity contribution is 8.13. The number of thiophene rings is 1. The number of nitrogens with one attached hydrogen (secondary N) is 1. The van der Waals surface area contributed by atoms with Gasteiger partial charge in [0, 0.05) is 9.90 Å². The number of nitrogens with zero attached hydrogens (tertiary/aromatic N) is 2. The number of thioether (sulfide) groups is 1. The smallest absolute Gasteiger partial charge is 0.259 e. The number of fused-ring (bicyclic) bond motifs is 3. The van der Waals surface area contributed by atoms with Crippen LogP contribution in [0.2, 0.25) is 5.02 Å². The van der Waals surface area contributed by atoms with E-state index in [1.807, 2.05) is 0 Å². The first kappa shape index (κ1) is 17.6. The van der Waals surface area contributed by atoms with Gasteiger partial charge in [-0.3, -0.25) is 4.79 Å². The first-order valence-electron chi connectivity index (χ1n) is 8.36. The number of hydrogen-bond acceptors (Lipinski definition) is 5. The van der Waals surface area contributed by atoms with E-state index >= 15 is 0 Å². The molecule has 0 amide bonds. The lowest BCUT2D eigenvalue weighted by atomic mass is 9.97. The zero-order chi connectivity index (χ0) is 18.1. The molecule has 26 heavy (non-hydrogen) atoms. The maximum Gasteiger partial charge on any atom is 0.259 e.